The van der Waals surface area contributed by atoms with Crippen molar-refractivity contribution in [2.24, 2.45) is 5.92 Å². The van der Waals surface area contributed by atoms with E-state index in [4.69, 9.17) is 0 Å². The highest BCUT2D eigenvalue weighted by molar-refractivity contribution is 5.83. The summed E-state index contributed by atoms with van der Waals surface area (Å²) in [7, 11) is 0. The summed E-state index contributed by atoms with van der Waals surface area (Å²) >= 11 is 0. The fourth-order valence-electron chi connectivity index (χ4n) is 6.35. The molecule has 0 aromatic heterocycles. The van der Waals surface area contributed by atoms with Gasteiger partial charge in [0.1, 0.15) is 0 Å². The average molecular weight is 496 g/mol. The van der Waals surface area contributed by atoms with Crippen LogP contribution in [0.1, 0.15) is 57.7 Å². The topological polar surface area (TPSA) is 12.0 Å². The summed E-state index contributed by atoms with van der Waals surface area (Å²) in [5.41, 5.74) is 13.5. The quantitative estimate of drug-likeness (QED) is 0.297. The maximum Gasteiger partial charge on any atom is 0.0382 e. The summed E-state index contributed by atoms with van der Waals surface area (Å²) in [6, 6.07) is 35.5. The van der Waals surface area contributed by atoms with Gasteiger partial charge in [0.2, 0.25) is 0 Å². The molecule has 0 radical (unpaired) electrons. The van der Waals surface area contributed by atoms with Gasteiger partial charge in [-0.2, -0.15) is 0 Å². The Labute approximate surface area is 228 Å². The van der Waals surface area contributed by atoms with Gasteiger partial charge < -0.3 is 5.32 Å². The lowest BCUT2D eigenvalue weighted by molar-refractivity contribution is 0.409. The summed E-state index contributed by atoms with van der Waals surface area (Å²) < 4.78 is 0. The molecule has 0 fully saturated rings. The summed E-state index contributed by atoms with van der Waals surface area (Å²) in [6.45, 7) is 11.7. The Hall–Kier alpha value is -3.84. The van der Waals surface area contributed by atoms with Crippen molar-refractivity contribution in [3.63, 3.8) is 0 Å². The number of rotatable bonds is 4. The Balaban J connectivity index is 1.24. The first-order valence-corrected chi connectivity index (χ1v) is 13.8. The number of nitrogens with one attached hydrogen (secondary N) is 1. The van der Waals surface area contributed by atoms with Crippen molar-refractivity contribution in [2.45, 2.75) is 51.9 Å². The molecule has 4 aromatic rings. The maximum absolute atomic E-state index is 3.74. The minimum Gasteiger partial charge on any atom is -0.359 e. The molecule has 2 aliphatic rings. The standard InChI is InChI=1S/C37H37N/c1-36(2,3)33-14-10-9-13-30(33)26-15-18-28(19-16-26)38-29-20-22-32-31-21-17-27(25-11-7-6-8-12-25)23-34(31)37(4,5)35(32)24-29/h6-23,35,38H,24H2,1-5H3. The van der Waals surface area contributed by atoms with Crippen LogP contribution in [0.2, 0.25) is 0 Å². The molecule has 1 atom stereocenters. The van der Waals surface area contributed by atoms with Crippen molar-refractivity contribution in [3.8, 4) is 22.3 Å². The molecule has 4 aromatic carbocycles. The average Bonchev–Trinajstić information content (AvgIpc) is 3.15. The molecule has 1 unspecified atom stereocenters. The molecule has 1 N–H and O–H groups in total. The summed E-state index contributed by atoms with van der Waals surface area (Å²) in [4.78, 5) is 0. The first-order chi connectivity index (χ1) is 18.2. The Kier molecular flexibility index (Phi) is 5.91. The van der Waals surface area contributed by atoms with E-state index in [9.17, 15) is 0 Å². The van der Waals surface area contributed by atoms with Crippen LogP contribution in [-0.2, 0) is 10.8 Å². The number of anilines is 1. The molecule has 0 heterocycles. The zero-order valence-corrected chi connectivity index (χ0v) is 23.2. The molecular weight excluding hydrogens is 458 g/mol. The molecule has 0 amide bonds. The first kappa shape index (κ1) is 24.5. The molecule has 0 saturated carbocycles. The number of hydrogen-bond donors (Lipinski definition) is 1. The van der Waals surface area contributed by atoms with Gasteiger partial charge in [-0.3, -0.25) is 0 Å². The highest BCUT2D eigenvalue weighted by Crippen LogP contribution is 2.54. The van der Waals surface area contributed by atoms with Gasteiger partial charge in [0, 0.05) is 11.4 Å². The van der Waals surface area contributed by atoms with Gasteiger partial charge in [-0.15, -0.1) is 0 Å². The van der Waals surface area contributed by atoms with E-state index in [1.54, 1.807) is 0 Å². The van der Waals surface area contributed by atoms with E-state index in [2.05, 4.69) is 149 Å². The van der Waals surface area contributed by atoms with Gasteiger partial charge in [0.05, 0.1) is 0 Å². The van der Waals surface area contributed by atoms with Crippen LogP contribution >= 0.6 is 0 Å². The lowest BCUT2D eigenvalue weighted by Gasteiger charge is -2.32. The van der Waals surface area contributed by atoms with E-state index in [1.807, 2.05) is 0 Å². The third-order valence-corrected chi connectivity index (χ3v) is 8.50. The van der Waals surface area contributed by atoms with E-state index in [-0.39, 0.29) is 10.8 Å². The van der Waals surface area contributed by atoms with Crippen LogP contribution in [0.25, 0.3) is 27.8 Å². The Morgan fingerprint density at radius 2 is 1.37 bits per heavy atom. The van der Waals surface area contributed by atoms with Crippen LogP contribution in [0, 0.1) is 5.92 Å². The normalized spacial score (nSPS) is 17.8. The second kappa shape index (κ2) is 9.17. The van der Waals surface area contributed by atoms with Crippen LogP contribution in [0.4, 0.5) is 5.69 Å². The fourth-order valence-corrected chi connectivity index (χ4v) is 6.35. The van der Waals surface area contributed by atoms with Gasteiger partial charge in [-0.05, 0) is 92.0 Å². The van der Waals surface area contributed by atoms with Crippen LogP contribution in [0.5, 0.6) is 0 Å². The molecular formula is C37H37N. The van der Waals surface area contributed by atoms with E-state index in [1.165, 1.54) is 50.2 Å². The predicted molar refractivity (Wildman–Crippen MR) is 163 cm³/mol. The van der Waals surface area contributed by atoms with Crippen molar-refractivity contribution < 1.29 is 0 Å². The van der Waals surface area contributed by atoms with Gasteiger partial charge in [-0.1, -0.05) is 120 Å². The highest BCUT2D eigenvalue weighted by Gasteiger charge is 2.43. The van der Waals surface area contributed by atoms with Crippen molar-refractivity contribution >= 4 is 11.3 Å². The third kappa shape index (κ3) is 4.31. The second-order valence-corrected chi connectivity index (χ2v) is 12.4. The zero-order valence-electron chi connectivity index (χ0n) is 23.2. The Bertz CT molecular complexity index is 1540. The van der Waals surface area contributed by atoms with E-state index >= 15 is 0 Å². The minimum atomic E-state index is 0.0771. The first-order valence-electron chi connectivity index (χ1n) is 13.8. The van der Waals surface area contributed by atoms with Gasteiger partial charge >= 0.3 is 0 Å². The van der Waals surface area contributed by atoms with Crippen molar-refractivity contribution in [3.05, 3.63) is 132 Å². The lowest BCUT2D eigenvalue weighted by Crippen LogP contribution is -2.26. The number of benzene rings is 4. The summed E-state index contributed by atoms with van der Waals surface area (Å²) in [6.07, 6.45) is 5.65. The largest absolute Gasteiger partial charge is 0.359 e. The van der Waals surface area contributed by atoms with Crippen LogP contribution < -0.4 is 5.32 Å². The molecule has 190 valence electrons. The van der Waals surface area contributed by atoms with E-state index < -0.39 is 0 Å². The molecule has 0 spiro atoms. The van der Waals surface area contributed by atoms with Gasteiger partial charge in [-0.25, -0.2) is 0 Å². The highest BCUT2D eigenvalue weighted by atomic mass is 14.9. The van der Waals surface area contributed by atoms with Crippen LogP contribution in [0.3, 0.4) is 0 Å². The molecule has 1 nitrogen and oxygen atoms in total. The van der Waals surface area contributed by atoms with Crippen molar-refractivity contribution in [1.29, 1.82) is 0 Å². The van der Waals surface area contributed by atoms with Gasteiger partial charge in [0.25, 0.3) is 0 Å². The smallest absolute Gasteiger partial charge is 0.0382 e. The number of fused-ring (bicyclic) bond motifs is 3. The minimum absolute atomic E-state index is 0.0771. The third-order valence-electron chi connectivity index (χ3n) is 8.50. The molecule has 38 heavy (non-hydrogen) atoms. The van der Waals surface area contributed by atoms with Crippen molar-refractivity contribution in [2.75, 3.05) is 5.32 Å². The molecule has 2 aliphatic carbocycles. The number of allylic oxidation sites excluding steroid dienone is 4. The SMILES string of the molecule is CC(C)(C)c1ccccc1-c1ccc(NC2=CC=C3c4ccc(-c5ccccc5)cc4C(C)(C)C3C2)cc1. The fraction of sp³-hybridized carbons (Fsp3) is 0.243. The number of hydrogen-bond acceptors (Lipinski definition) is 1. The Morgan fingerprint density at radius 3 is 2.11 bits per heavy atom. The van der Waals surface area contributed by atoms with Crippen LogP contribution in [-0.4, -0.2) is 0 Å². The molecule has 6 rings (SSSR count). The van der Waals surface area contributed by atoms with Crippen LogP contribution in [0.15, 0.2) is 115 Å². The molecule has 0 aliphatic heterocycles. The summed E-state index contributed by atoms with van der Waals surface area (Å²) in [5, 5.41) is 3.74. The maximum atomic E-state index is 3.74. The second-order valence-electron chi connectivity index (χ2n) is 12.4. The zero-order chi connectivity index (χ0) is 26.5. The molecule has 0 saturated heterocycles. The van der Waals surface area contributed by atoms with E-state index in [0.717, 1.165) is 12.1 Å². The van der Waals surface area contributed by atoms with Gasteiger partial charge in [0.15, 0.2) is 0 Å². The van der Waals surface area contributed by atoms with Crippen molar-refractivity contribution in [1.82, 2.24) is 0 Å². The molecule has 0 bridgehead atoms. The Morgan fingerprint density at radius 1 is 0.684 bits per heavy atom. The summed E-state index contributed by atoms with van der Waals surface area (Å²) in [5.74, 6) is 0.467. The molecule has 1 heteroatoms. The van der Waals surface area contributed by atoms with E-state index in [0.29, 0.717) is 5.92 Å². The lowest BCUT2D eigenvalue weighted by atomic mass is 9.74. The monoisotopic (exact) mass is 495 g/mol. The predicted octanol–water partition coefficient (Wildman–Crippen LogP) is 10.0.